The van der Waals surface area contributed by atoms with Gasteiger partial charge in [0.25, 0.3) is 11.6 Å². The Balaban J connectivity index is 2.74. The van der Waals surface area contributed by atoms with Crippen LogP contribution in [0.15, 0.2) is 30.3 Å². The van der Waals surface area contributed by atoms with Gasteiger partial charge in [-0.15, -0.1) is 0 Å². The molecule has 7 nitrogen and oxygen atoms in total. The van der Waals surface area contributed by atoms with Crippen LogP contribution in [0.2, 0.25) is 0 Å². The summed E-state index contributed by atoms with van der Waals surface area (Å²) >= 11 is 0. The molecule has 1 rings (SSSR count). The number of non-ortho nitro benzene ring substituents is 1. The number of nitro benzene ring substituents is 1. The van der Waals surface area contributed by atoms with Crippen molar-refractivity contribution in [3.63, 3.8) is 0 Å². The van der Waals surface area contributed by atoms with Crippen LogP contribution >= 0.6 is 0 Å². The van der Waals surface area contributed by atoms with Gasteiger partial charge in [-0.05, 0) is 46.3 Å². The topological polar surface area (TPSA) is 89.7 Å². The average Bonchev–Trinajstić information content (AvgIpc) is 2.52. The summed E-state index contributed by atoms with van der Waals surface area (Å²) in [4.78, 5) is 36.2. The predicted molar refractivity (Wildman–Crippen MR) is 94.8 cm³/mol. The molecule has 0 saturated heterocycles. The van der Waals surface area contributed by atoms with E-state index < -0.39 is 17.0 Å². The van der Waals surface area contributed by atoms with Gasteiger partial charge in [-0.25, -0.2) is 4.79 Å². The fourth-order valence-electron chi connectivity index (χ4n) is 2.49. The summed E-state index contributed by atoms with van der Waals surface area (Å²) in [7, 11) is 0. The number of ether oxygens (including phenoxy) is 1. The van der Waals surface area contributed by atoms with Crippen molar-refractivity contribution < 1.29 is 19.2 Å². The second-order valence-electron chi connectivity index (χ2n) is 6.20. The molecular formula is C18H24N2O5. The lowest BCUT2D eigenvalue weighted by Crippen LogP contribution is -2.47. The van der Waals surface area contributed by atoms with Gasteiger partial charge in [-0.3, -0.25) is 14.9 Å². The molecule has 0 fully saturated rings. The number of hydrogen-bond acceptors (Lipinski definition) is 5. The first-order valence-electron chi connectivity index (χ1n) is 8.08. The molecule has 0 spiro atoms. The predicted octanol–water partition coefficient (Wildman–Crippen LogP) is 3.19. The van der Waals surface area contributed by atoms with Gasteiger partial charge in [0.1, 0.15) is 0 Å². The Kier molecular flexibility index (Phi) is 7.29. The highest BCUT2D eigenvalue weighted by molar-refractivity contribution is 5.90. The number of carbonyl (C=O) groups is 2. The first kappa shape index (κ1) is 20.3. The second kappa shape index (κ2) is 8.96. The number of benzene rings is 1. The van der Waals surface area contributed by atoms with Crippen LogP contribution in [-0.4, -0.2) is 39.9 Å². The van der Waals surface area contributed by atoms with E-state index in [1.807, 2.05) is 27.7 Å². The van der Waals surface area contributed by atoms with Gasteiger partial charge in [0.2, 0.25) is 0 Å². The molecule has 1 atom stereocenters. The van der Waals surface area contributed by atoms with Gasteiger partial charge in [0.05, 0.1) is 4.92 Å². The molecule has 136 valence electrons. The van der Waals surface area contributed by atoms with Crippen LogP contribution in [0.25, 0.3) is 6.08 Å². The van der Waals surface area contributed by atoms with Crippen molar-refractivity contribution in [3.8, 4) is 0 Å². The molecule has 0 N–H and O–H groups in total. The maximum absolute atomic E-state index is 12.4. The summed E-state index contributed by atoms with van der Waals surface area (Å²) in [6.45, 7) is 9.12. The molecule has 1 aromatic rings. The van der Waals surface area contributed by atoms with Crippen molar-refractivity contribution >= 4 is 23.6 Å². The Labute approximate surface area is 147 Å². The van der Waals surface area contributed by atoms with Crippen LogP contribution < -0.4 is 0 Å². The van der Waals surface area contributed by atoms with Crippen molar-refractivity contribution in [2.24, 2.45) is 0 Å². The van der Waals surface area contributed by atoms with E-state index in [-0.39, 0.29) is 23.7 Å². The zero-order valence-electron chi connectivity index (χ0n) is 15.1. The number of rotatable bonds is 7. The quantitative estimate of drug-likeness (QED) is 0.327. The Morgan fingerprint density at radius 1 is 1.16 bits per heavy atom. The molecule has 0 radical (unpaired) electrons. The molecule has 0 heterocycles. The first-order valence-corrected chi connectivity index (χ1v) is 8.08. The van der Waals surface area contributed by atoms with Gasteiger partial charge >= 0.3 is 5.97 Å². The van der Waals surface area contributed by atoms with Crippen molar-refractivity contribution in [3.05, 3.63) is 46.0 Å². The van der Waals surface area contributed by atoms with Crippen molar-refractivity contribution in [2.45, 2.75) is 52.8 Å². The molecule has 1 unspecified atom stereocenters. The molecule has 0 bridgehead atoms. The lowest BCUT2D eigenvalue weighted by Gasteiger charge is -2.32. The Bertz CT molecular complexity index is 659. The molecule has 25 heavy (non-hydrogen) atoms. The minimum absolute atomic E-state index is 0.00550. The molecular weight excluding hydrogens is 324 g/mol. The van der Waals surface area contributed by atoms with Crippen LogP contribution in [-0.2, 0) is 14.3 Å². The lowest BCUT2D eigenvalue weighted by atomic mass is 10.2. The molecule has 7 heteroatoms. The summed E-state index contributed by atoms with van der Waals surface area (Å²) < 4.78 is 5.14. The summed E-state index contributed by atoms with van der Waals surface area (Å²) in [5.41, 5.74) is 0.430. The van der Waals surface area contributed by atoms with Gasteiger partial charge < -0.3 is 9.64 Å². The normalized spacial score (nSPS) is 12.4. The first-order chi connectivity index (χ1) is 11.6. The highest BCUT2D eigenvalue weighted by Crippen LogP contribution is 2.14. The highest BCUT2D eigenvalue weighted by Gasteiger charge is 2.27. The Hall–Kier alpha value is -2.70. The van der Waals surface area contributed by atoms with E-state index in [1.165, 1.54) is 31.2 Å². The van der Waals surface area contributed by atoms with Crippen molar-refractivity contribution in [1.82, 2.24) is 4.90 Å². The summed E-state index contributed by atoms with van der Waals surface area (Å²) in [5.74, 6) is -0.943. The third-order valence-corrected chi connectivity index (χ3v) is 3.50. The van der Waals surface area contributed by atoms with E-state index in [0.717, 1.165) is 6.08 Å². The minimum atomic E-state index is -0.910. The van der Waals surface area contributed by atoms with Crippen LogP contribution in [0, 0.1) is 10.1 Å². The van der Waals surface area contributed by atoms with E-state index in [0.29, 0.717) is 5.56 Å². The van der Waals surface area contributed by atoms with Gasteiger partial charge in [0.15, 0.2) is 6.10 Å². The van der Waals surface area contributed by atoms with E-state index >= 15 is 0 Å². The second-order valence-corrected chi connectivity index (χ2v) is 6.20. The van der Waals surface area contributed by atoms with Gasteiger partial charge in [-0.1, -0.05) is 12.1 Å². The van der Waals surface area contributed by atoms with Crippen LogP contribution in [0.1, 0.15) is 40.2 Å². The third-order valence-electron chi connectivity index (χ3n) is 3.50. The Morgan fingerprint density at radius 2 is 1.76 bits per heavy atom. The molecule has 0 aliphatic rings. The SMILES string of the molecule is CC(OC(=O)/C=C/c1cccc([N+](=O)[O-])c1)C(=O)N(C(C)C)C(C)C. The van der Waals surface area contributed by atoms with E-state index in [4.69, 9.17) is 4.74 Å². The number of carbonyl (C=O) groups excluding carboxylic acids is 2. The molecule has 0 aliphatic carbocycles. The maximum atomic E-state index is 12.4. The van der Waals surface area contributed by atoms with E-state index in [2.05, 4.69) is 0 Å². The fraction of sp³-hybridized carbons (Fsp3) is 0.444. The monoisotopic (exact) mass is 348 g/mol. The molecule has 0 aromatic heterocycles. The molecule has 1 aromatic carbocycles. The van der Waals surface area contributed by atoms with E-state index in [1.54, 1.807) is 11.0 Å². The summed E-state index contributed by atoms with van der Waals surface area (Å²) in [6.07, 6.45) is 1.65. The van der Waals surface area contributed by atoms with Gasteiger partial charge in [0, 0.05) is 30.3 Å². The largest absolute Gasteiger partial charge is 0.449 e. The number of amides is 1. The number of hydrogen-bond donors (Lipinski definition) is 0. The van der Waals surface area contributed by atoms with Crippen LogP contribution in [0.3, 0.4) is 0 Å². The van der Waals surface area contributed by atoms with Crippen LogP contribution in [0.4, 0.5) is 5.69 Å². The Morgan fingerprint density at radius 3 is 2.28 bits per heavy atom. The van der Waals surface area contributed by atoms with Crippen molar-refractivity contribution in [1.29, 1.82) is 0 Å². The van der Waals surface area contributed by atoms with Crippen molar-refractivity contribution in [2.75, 3.05) is 0 Å². The fourth-order valence-corrected chi connectivity index (χ4v) is 2.49. The third kappa shape index (κ3) is 6.02. The van der Waals surface area contributed by atoms with E-state index in [9.17, 15) is 19.7 Å². The number of esters is 1. The minimum Gasteiger partial charge on any atom is -0.449 e. The standard InChI is InChI=1S/C18H24N2O5/c1-12(2)19(13(3)4)18(22)14(5)25-17(21)10-9-15-7-6-8-16(11-15)20(23)24/h6-14H,1-5H3/b10-9+. The summed E-state index contributed by atoms with van der Waals surface area (Å²) in [5, 5.41) is 10.7. The molecule has 0 saturated carbocycles. The zero-order chi connectivity index (χ0) is 19.1. The maximum Gasteiger partial charge on any atom is 0.331 e. The lowest BCUT2D eigenvalue weighted by molar-refractivity contribution is -0.384. The molecule has 0 aliphatic heterocycles. The van der Waals surface area contributed by atoms with Gasteiger partial charge in [-0.2, -0.15) is 0 Å². The van der Waals surface area contributed by atoms with Crippen LogP contribution in [0.5, 0.6) is 0 Å². The summed E-state index contributed by atoms with van der Waals surface area (Å²) in [6, 6.07) is 5.85. The number of nitrogens with zero attached hydrogens (tertiary/aromatic N) is 2. The average molecular weight is 348 g/mol. The zero-order valence-corrected chi connectivity index (χ0v) is 15.1. The molecule has 1 amide bonds. The highest BCUT2D eigenvalue weighted by atomic mass is 16.6. The number of nitro groups is 1. The smallest absolute Gasteiger partial charge is 0.331 e.